The lowest BCUT2D eigenvalue weighted by Crippen LogP contribution is -2.47. The van der Waals surface area contributed by atoms with E-state index in [4.69, 9.17) is 10.5 Å². The number of ether oxygens (including phenoxy) is 1. The molecule has 1 heterocycles. The number of hydrogen-bond donors (Lipinski definition) is 1. The maximum Gasteiger partial charge on any atom is 0.391 e. The lowest BCUT2D eigenvalue weighted by Gasteiger charge is -2.39. The standard InChI is InChI=1S/C14H24F3NO/c15-14(16,17)11-4-1-7-13(18,10-11)8-2-5-12-6-3-9-19-12/h11-12H,1-10,18H2. The van der Waals surface area contributed by atoms with E-state index < -0.39 is 17.6 Å². The molecule has 0 aromatic heterocycles. The molecular weight excluding hydrogens is 255 g/mol. The first-order chi connectivity index (χ1) is 8.89. The van der Waals surface area contributed by atoms with Gasteiger partial charge in [0, 0.05) is 12.1 Å². The molecule has 3 atom stereocenters. The molecule has 1 saturated heterocycles. The SMILES string of the molecule is NC1(CCCC2CCCO2)CCCC(C(F)(F)F)C1. The second-order valence-corrected chi connectivity index (χ2v) is 6.22. The van der Waals surface area contributed by atoms with Crippen molar-refractivity contribution in [2.75, 3.05) is 6.61 Å². The van der Waals surface area contributed by atoms with Crippen molar-refractivity contribution in [3.8, 4) is 0 Å². The molecule has 2 N–H and O–H groups in total. The summed E-state index contributed by atoms with van der Waals surface area (Å²) in [7, 11) is 0. The van der Waals surface area contributed by atoms with Crippen molar-refractivity contribution in [1.29, 1.82) is 0 Å². The molecule has 2 nitrogen and oxygen atoms in total. The van der Waals surface area contributed by atoms with E-state index >= 15 is 0 Å². The van der Waals surface area contributed by atoms with E-state index in [2.05, 4.69) is 0 Å². The van der Waals surface area contributed by atoms with Crippen molar-refractivity contribution in [2.24, 2.45) is 11.7 Å². The zero-order chi connectivity index (χ0) is 13.9. The van der Waals surface area contributed by atoms with Crippen LogP contribution in [0.5, 0.6) is 0 Å². The van der Waals surface area contributed by atoms with Gasteiger partial charge in [0.15, 0.2) is 0 Å². The number of rotatable bonds is 4. The Hall–Kier alpha value is -0.290. The molecule has 5 heteroatoms. The van der Waals surface area contributed by atoms with E-state index in [0.29, 0.717) is 18.9 Å². The van der Waals surface area contributed by atoms with Crippen LogP contribution in [0.25, 0.3) is 0 Å². The Bertz CT molecular complexity index is 289. The van der Waals surface area contributed by atoms with Gasteiger partial charge in [0.1, 0.15) is 0 Å². The van der Waals surface area contributed by atoms with E-state index in [1.807, 2.05) is 0 Å². The van der Waals surface area contributed by atoms with Crippen molar-refractivity contribution in [3.05, 3.63) is 0 Å². The monoisotopic (exact) mass is 279 g/mol. The fourth-order valence-electron chi connectivity index (χ4n) is 3.46. The minimum atomic E-state index is -4.08. The number of nitrogens with two attached hydrogens (primary N) is 1. The molecule has 0 aromatic carbocycles. The quantitative estimate of drug-likeness (QED) is 0.850. The normalized spacial score (nSPS) is 36.6. The van der Waals surface area contributed by atoms with Gasteiger partial charge in [0.05, 0.1) is 12.0 Å². The molecule has 2 aliphatic rings. The lowest BCUT2D eigenvalue weighted by molar-refractivity contribution is -0.187. The van der Waals surface area contributed by atoms with E-state index in [1.165, 1.54) is 0 Å². The fraction of sp³-hybridized carbons (Fsp3) is 1.00. The van der Waals surface area contributed by atoms with Crippen LogP contribution in [-0.4, -0.2) is 24.4 Å². The second-order valence-electron chi connectivity index (χ2n) is 6.22. The molecule has 0 radical (unpaired) electrons. The van der Waals surface area contributed by atoms with Crippen molar-refractivity contribution < 1.29 is 17.9 Å². The molecule has 3 unspecified atom stereocenters. The lowest BCUT2D eigenvalue weighted by atomic mass is 9.73. The summed E-state index contributed by atoms with van der Waals surface area (Å²) >= 11 is 0. The number of hydrogen-bond acceptors (Lipinski definition) is 2. The number of halogens is 3. The van der Waals surface area contributed by atoms with Gasteiger partial charge in [0.2, 0.25) is 0 Å². The predicted molar refractivity (Wildman–Crippen MR) is 67.8 cm³/mol. The summed E-state index contributed by atoms with van der Waals surface area (Å²) in [5.41, 5.74) is 5.58. The molecule has 2 rings (SSSR count). The largest absolute Gasteiger partial charge is 0.391 e. The van der Waals surface area contributed by atoms with E-state index in [1.54, 1.807) is 0 Å². The van der Waals surface area contributed by atoms with Crippen molar-refractivity contribution in [3.63, 3.8) is 0 Å². The highest BCUT2D eigenvalue weighted by molar-refractivity contribution is 4.92. The van der Waals surface area contributed by atoms with E-state index in [0.717, 1.165) is 38.7 Å². The van der Waals surface area contributed by atoms with Crippen LogP contribution >= 0.6 is 0 Å². The smallest absolute Gasteiger partial charge is 0.378 e. The summed E-state index contributed by atoms with van der Waals surface area (Å²) in [5.74, 6) is -1.20. The van der Waals surface area contributed by atoms with Gasteiger partial charge < -0.3 is 10.5 Å². The van der Waals surface area contributed by atoms with Crippen molar-refractivity contribution >= 4 is 0 Å². The highest BCUT2D eigenvalue weighted by Crippen LogP contribution is 2.42. The van der Waals surface area contributed by atoms with Gasteiger partial charge >= 0.3 is 6.18 Å². The molecule has 112 valence electrons. The molecule has 0 aromatic rings. The van der Waals surface area contributed by atoms with E-state index in [9.17, 15) is 13.2 Å². The van der Waals surface area contributed by atoms with Gasteiger partial charge in [0.25, 0.3) is 0 Å². The second kappa shape index (κ2) is 6.00. The van der Waals surface area contributed by atoms with Crippen molar-refractivity contribution in [1.82, 2.24) is 0 Å². The Morgan fingerprint density at radius 1 is 1.21 bits per heavy atom. The zero-order valence-corrected chi connectivity index (χ0v) is 11.3. The Labute approximate surface area is 112 Å². The van der Waals surface area contributed by atoms with Crippen LogP contribution in [0.15, 0.2) is 0 Å². The molecule has 0 bridgehead atoms. The van der Waals surface area contributed by atoms with E-state index in [-0.39, 0.29) is 12.8 Å². The highest BCUT2D eigenvalue weighted by Gasteiger charge is 2.45. The Morgan fingerprint density at radius 3 is 2.63 bits per heavy atom. The summed E-state index contributed by atoms with van der Waals surface area (Å²) in [6.45, 7) is 0.828. The van der Waals surface area contributed by atoms with Gasteiger partial charge in [-0.1, -0.05) is 6.42 Å². The Kier molecular flexibility index (Phi) is 4.77. The Balaban J connectivity index is 1.77. The third-order valence-electron chi connectivity index (χ3n) is 4.57. The Morgan fingerprint density at radius 2 is 2.00 bits per heavy atom. The molecule has 19 heavy (non-hydrogen) atoms. The average molecular weight is 279 g/mol. The fourth-order valence-corrected chi connectivity index (χ4v) is 3.46. The summed E-state index contributed by atoms with van der Waals surface area (Å²) in [5, 5.41) is 0. The maximum absolute atomic E-state index is 12.8. The van der Waals surface area contributed by atoms with Gasteiger partial charge in [-0.3, -0.25) is 0 Å². The van der Waals surface area contributed by atoms with Crippen LogP contribution in [0.3, 0.4) is 0 Å². The molecular formula is C14H24F3NO. The minimum Gasteiger partial charge on any atom is -0.378 e. The van der Waals surface area contributed by atoms with Crippen LogP contribution in [-0.2, 0) is 4.74 Å². The van der Waals surface area contributed by atoms with Gasteiger partial charge in [-0.2, -0.15) is 13.2 Å². The molecule has 1 saturated carbocycles. The average Bonchev–Trinajstić information content (AvgIpc) is 2.81. The summed E-state index contributed by atoms with van der Waals surface area (Å²) in [6.07, 6.45) is 2.60. The van der Waals surface area contributed by atoms with Crippen LogP contribution in [0.4, 0.5) is 13.2 Å². The number of alkyl halides is 3. The first kappa shape index (κ1) is 15.1. The summed E-state index contributed by atoms with van der Waals surface area (Å²) in [6, 6.07) is 0. The molecule has 2 fully saturated rings. The third-order valence-corrected chi connectivity index (χ3v) is 4.57. The first-order valence-electron chi connectivity index (χ1n) is 7.36. The molecule has 0 spiro atoms. The molecule has 1 aliphatic heterocycles. The third kappa shape index (κ3) is 4.35. The van der Waals surface area contributed by atoms with Crippen LogP contribution in [0.1, 0.15) is 57.8 Å². The minimum absolute atomic E-state index is 0.0992. The zero-order valence-electron chi connectivity index (χ0n) is 11.3. The predicted octanol–water partition coefficient (Wildman–Crippen LogP) is 3.79. The van der Waals surface area contributed by atoms with Crippen LogP contribution < -0.4 is 5.73 Å². The van der Waals surface area contributed by atoms with Crippen molar-refractivity contribution in [2.45, 2.75) is 75.6 Å². The summed E-state index contributed by atoms with van der Waals surface area (Å²) in [4.78, 5) is 0. The highest BCUT2D eigenvalue weighted by atomic mass is 19.4. The van der Waals surface area contributed by atoms with Crippen LogP contribution in [0.2, 0.25) is 0 Å². The summed E-state index contributed by atoms with van der Waals surface area (Å²) < 4.78 is 43.9. The maximum atomic E-state index is 12.8. The topological polar surface area (TPSA) is 35.2 Å². The van der Waals surface area contributed by atoms with Gasteiger partial charge in [-0.05, 0) is 51.4 Å². The van der Waals surface area contributed by atoms with Crippen LogP contribution in [0, 0.1) is 5.92 Å². The first-order valence-corrected chi connectivity index (χ1v) is 7.36. The molecule has 0 amide bonds. The van der Waals surface area contributed by atoms with Gasteiger partial charge in [-0.25, -0.2) is 0 Å². The molecule has 1 aliphatic carbocycles. The van der Waals surface area contributed by atoms with Gasteiger partial charge in [-0.15, -0.1) is 0 Å².